The van der Waals surface area contributed by atoms with Gasteiger partial charge in [0.05, 0.1) is 0 Å². The van der Waals surface area contributed by atoms with E-state index in [-0.39, 0.29) is 0 Å². The van der Waals surface area contributed by atoms with Gasteiger partial charge in [-0.25, -0.2) is 0 Å². The van der Waals surface area contributed by atoms with Crippen LogP contribution in [0.5, 0.6) is 0 Å². The topological polar surface area (TPSA) is 9.72 Å². The van der Waals surface area contributed by atoms with Crippen molar-refractivity contribution in [3.63, 3.8) is 0 Å². The molecule has 0 aromatic heterocycles. The molecule has 3 nitrogen and oxygen atoms in total. The Balaban J connectivity index is 3.80. The molecule has 2 atom stereocenters. The Kier molecular flexibility index (Phi) is 11.5. The van der Waals surface area contributed by atoms with E-state index in [2.05, 4.69) is 63.5 Å². The predicted octanol–water partition coefficient (Wildman–Crippen LogP) is 3.16. The fourth-order valence-corrected chi connectivity index (χ4v) is 2.49. The molecule has 0 radical (unpaired) electrons. The molecule has 0 aromatic rings. The maximum absolute atomic E-state index is 2.49. The maximum atomic E-state index is 2.49. The van der Waals surface area contributed by atoms with E-state index in [1.54, 1.807) is 0 Å². The van der Waals surface area contributed by atoms with Crippen molar-refractivity contribution < 1.29 is 0 Å². The first kappa shape index (κ1) is 19.9. The van der Waals surface area contributed by atoms with Crippen LogP contribution >= 0.6 is 0 Å². The molecule has 0 fully saturated rings. The summed E-state index contributed by atoms with van der Waals surface area (Å²) in [5, 5.41) is 0. The van der Waals surface area contributed by atoms with Crippen LogP contribution in [0.4, 0.5) is 0 Å². The lowest BCUT2D eigenvalue weighted by molar-refractivity contribution is 0.179. The van der Waals surface area contributed by atoms with Crippen LogP contribution in [0.1, 0.15) is 53.4 Å². The second-order valence-corrected chi connectivity index (χ2v) is 6.54. The normalized spacial score (nSPS) is 15.3. The summed E-state index contributed by atoms with van der Waals surface area (Å²) in [6.45, 7) is 13.9. The summed E-state index contributed by atoms with van der Waals surface area (Å²) in [7, 11) is 6.75. The lowest BCUT2D eigenvalue weighted by atomic mass is 10.2. The Morgan fingerprint density at radius 2 is 1.00 bits per heavy atom. The second-order valence-electron chi connectivity index (χ2n) is 6.54. The van der Waals surface area contributed by atoms with Crippen molar-refractivity contribution in [3.8, 4) is 0 Å². The lowest BCUT2D eigenvalue weighted by Crippen LogP contribution is -2.40. The van der Waals surface area contributed by atoms with Gasteiger partial charge in [0, 0.05) is 38.3 Å². The third-order valence-corrected chi connectivity index (χ3v) is 4.59. The SMILES string of the molecule is CCCC(C)N(C)CCN(C)CCN(C)C(C)CCC. The first-order chi connectivity index (χ1) is 9.42. The molecule has 0 saturated heterocycles. The van der Waals surface area contributed by atoms with Gasteiger partial charge in [0.15, 0.2) is 0 Å². The van der Waals surface area contributed by atoms with Crippen molar-refractivity contribution in [1.82, 2.24) is 14.7 Å². The third-order valence-electron chi connectivity index (χ3n) is 4.59. The van der Waals surface area contributed by atoms with Crippen molar-refractivity contribution in [3.05, 3.63) is 0 Å². The fraction of sp³-hybridized carbons (Fsp3) is 1.00. The molecule has 2 unspecified atom stereocenters. The van der Waals surface area contributed by atoms with Gasteiger partial charge in [0.25, 0.3) is 0 Å². The van der Waals surface area contributed by atoms with Gasteiger partial charge >= 0.3 is 0 Å². The Bertz CT molecular complexity index is 198. The van der Waals surface area contributed by atoms with Crippen LogP contribution in [0.25, 0.3) is 0 Å². The van der Waals surface area contributed by atoms with Gasteiger partial charge in [-0.1, -0.05) is 26.7 Å². The zero-order chi connectivity index (χ0) is 15.5. The van der Waals surface area contributed by atoms with Gasteiger partial charge in [-0.2, -0.15) is 0 Å². The molecule has 0 aliphatic rings. The Morgan fingerprint density at radius 3 is 1.30 bits per heavy atom. The quantitative estimate of drug-likeness (QED) is 0.545. The van der Waals surface area contributed by atoms with Gasteiger partial charge in [-0.05, 0) is 47.8 Å². The van der Waals surface area contributed by atoms with Gasteiger partial charge in [-0.15, -0.1) is 0 Å². The third kappa shape index (κ3) is 8.93. The Hall–Kier alpha value is -0.120. The molecule has 0 saturated carbocycles. The summed E-state index contributed by atoms with van der Waals surface area (Å²) in [5.74, 6) is 0. The van der Waals surface area contributed by atoms with E-state index in [1.165, 1.54) is 51.9 Å². The standard InChI is InChI=1S/C17H39N3/c1-8-10-16(3)19(6)14-12-18(5)13-15-20(7)17(4)11-9-2/h16-17H,8-15H2,1-7H3. The zero-order valence-corrected chi connectivity index (χ0v) is 15.2. The number of rotatable bonds is 12. The summed E-state index contributed by atoms with van der Waals surface area (Å²) in [6, 6.07) is 1.42. The summed E-state index contributed by atoms with van der Waals surface area (Å²) in [5.41, 5.74) is 0. The highest BCUT2D eigenvalue weighted by atomic mass is 15.2. The average molecular weight is 286 g/mol. The highest BCUT2D eigenvalue weighted by Crippen LogP contribution is 2.05. The molecule has 0 bridgehead atoms. The minimum absolute atomic E-state index is 0.709. The fourth-order valence-electron chi connectivity index (χ4n) is 2.49. The average Bonchev–Trinajstić information content (AvgIpc) is 2.42. The van der Waals surface area contributed by atoms with Crippen LogP contribution < -0.4 is 0 Å². The number of nitrogens with zero attached hydrogens (tertiary/aromatic N) is 3. The number of hydrogen-bond acceptors (Lipinski definition) is 3. The summed E-state index contributed by atoms with van der Waals surface area (Å²) in [4.78, 5) is 7.44. The van der Waals surface area contributed by atoms with E-state index in [9.17, 15) is 0 Å². The molecular formula is C17H39N3. The van der Waals surface area contributed by atoms with Gasteiger partial charge in [0.1, 0.15) is 0 Å². The summed E-state index contributed by atoms with van der Waals surface area (Å²) < 4.78 is 0. The summed E-state index contributed by atoms with van der Waals surface area (Å²) in [6.07, 6.45) is 5.16. The first-order valence-electron chi connectivity index (χ1n) is 8.51. The zero-order valence-electron chi connectivity index (χ0n) is 15.2. The van der Waals surface area contributed by atoms with E-state index in [4.69, 9.17) is 0 Å². The van der Waals surface area contributed by atoms with E-state index in [0.29, 0.717) is 12.1 Å². The molecule has 0 aromatic carbocycles. The van der Waals surface area contributed by atoms with Crippen LogP contribution in [0, 0.1) is 0 Å². The van der Waals surface area contributed by atoms with Gasteiger partial charge < -0.3 is 14.7 Å². The van der Waals surface area contributed by atoms with Crippen molar-refractivity contribution in [2.75, 3.05) is 47.3 Å². The van der Waals surface area contributed by atoms with E-state index in [0.717, 1.165) is 0 Å². The smallest absolute Gasteiger partial charge is 0.0109 e. The van der Waals surface area contributed by atoms with E-state index >= 15 is 0 Å². The van der Waals surface area contributed by atoms with Gasteiger partial charge in [-0.3, -0.25) is 0 Å². The minimum atomic E-state index is 0.709. The number of hydrogen-bond donors (Lipinski definition) is 0. The molecule has 0 spiro atoms. The van der Waals surface area contributed by atoms with E-state index in [1.807, 2.05) is 0 Å². The monoisotopic (exact) mass is 285 g/mol. The maximum Gasteiger partial charge on any atom is 0.0109 e. The van der Waals surface area contributed by atoms with Crippen molar-refractivity contribution in [2.24, 2.45) is 0 Å². The minimum Gasteiger partial charge on any atom is -0.304 e. The molecule has 0 amide bonds. The highest BCUT2D eigenvalue weighted by Gasteiger charge is 2.11. The lowest BCUT2D eigenvalue weighted by Gasteiger charge is -2.29. The van der Waals surface area contributed by atoms with Crippen LogP contribution in [0.3, 0.4) is 0 Å². The van der Waals surface area contributed by atoms with Crippen molar-refractivity contribution in [2.45, 2.75) is 65.5 Å². The molecule has 0 N–H and O–H groups in total. The molecule has 0 heterocycles. The van der Waals surface area contributed by atoms with Crippen LogP contribution in [0.15, 0.2) is 0 Å². The molecular weight excluding hydrogens is 246 g/mol. The molecule has 0 aliphatic carbocycles. The number of likely N-dealkylation sites (N-methyl/N-ethyl adjacent to an activating group) is 3. The van der Waals surface area contributed by atoms with Crippen molar-refractivity contribution in [1.29, 1.82) is 0 Å². The Morgan fingerprint density at radius 1 is 0.650 bits per heavy atom. The molecule has 20 heavy (non-hydrogen) atoms. The highest BCUT2D eigenvalue weighted by molar-refractivity contribution is 4.67. The molecule has 122 valence electrons. The van der Waals surface area contributed by atoms with E-state index < -0.39 is 0 Å². The van der Waals surface area contributed by atoms with Crippen LogP contribution in [-0.2, 0) is 0 Å². The van der Waals surface area contributed by atoms with Crippen LogP contribution in [0.2, 0.25) is 0 Å². The molecule has 3 heteroatoms. The van der Waals surface area contributed by atoms with Crippen molar-refractivity contribution >= 4 is 0 Å². The first-order valence-corrected chi connectivity index (χ1v) is 8.51. The van der Waals surface area contributed by atoms with Crippen LogP contribution in [-0.4, -0.2) is 74.1 Å². The largest absolute Gasteiger partial charge is 0.304 e. The molecule has 0 aliphatic heterocycles. The molecule has 0 rings (SSSR count). The summed E-state index contributed by atoms with van der Waals surface area (Å²) >= 11 is 0. The van der Waals surface area contributed by atoms with Gasteiger partial charge in [0.2, 0.25) is 0 Å². The Labute approximate surface area is 128 Å². The predicted molar refractivity (Wildman–Crippen MR) is 91.5 cm³/mol. The second kappa shape index (κ2) is 11.5.